The van der Waals surface area contributed by atoms with Crippen molar-refractivity contribution in [3.63, 3.8) is 0 Å². The average molecular weight is 270 g/mol. The topological polar surface area (TPSA) is 92.4 Å². The van der Waals surface area contributed by atoms with Crippen molar-refractivity contribution in [2.45, 2.75) is 46.0 Å². The zero-order valence-corrected chi connectivity index (χ0v) is 11.9. The molecule has 5 nitrogen and oxygen atoms in total. The summed E-state index contributed by atoms with van der Waals surface area (Å²) in [5.41, 5.74) is 4.70. The maximum atomic E-state index is 11.7. The Morgan fingerprint density at radius 2 is 2.00 bits per heavy atom. The van der Waals surface area contributed by atoms with Crippen LogP contribution in [0.2, 0.25) is 0 Å². The van der Waals surface area contributed by atoms with E-state index in [4.69, 9.17) is 5.73 Å². The molecule has 0 aromatic heterocycles. The van der Waals surface area contributed by atoms with Gasteiger partial charge in [-0.1, -0.05) is 13.8 Å². The van der Waals surface area contributed by atoms with Gasteiger partial charge in [-0.05, 0) is 44.1 Å². The highest BCUT2D eigenvalue weighted by Gasteiger charge is 2.41. The van der Waals surface area contributed by atoms with Gasteiger partial charge in [0.15, 0.2) is 0 Å². The third kappa shape index (κ3) is 4.49. The molecule has 0 aliphatic heterocycles. The van der Waals surface area contributed by atoms with Crippen LogP contribution in [0.15, 0.2) is 0 Å². The molecule has 0 aromatic carbocycles. The van der Waals surface area contributed by atoms with Crippen molar-refractivity contribution in [3.8, 4) is 0 Å². The monoisotopic (exact) mass is 270 g/mol. The Bertz CT molecular complexity index is 323. The van der Waals surface area contributed by atoms with E-state index in [1.165, 1.54) is 0 Å². The van der Waals surface area contributed by atoms with E-state index >= 15 is 0 Å². The van der Waals surface area contributed by atoms with Crippen LogP contribution in [0, 0.1) is 17.3 Å². The molecule has 1 amide bonds. The summed E-state index contributed by atoms with van der Waals surface area (Å²) < 4.78 is 0. The number of carboxylic acid groups (broad SMARTS) is 1. The molecule has 0 bridgehead atoms. The lowest BCUT2D eigenvalue weighted by Crippen LogP contribution is -2.45. The molecule has 0 spiro atoms. The van der Waals surface area contributed by atoms with Crippen LogP contribution in [0.5, 0.6) is 0 Å². The van der Waals surface area contributed by atoms with E-state index < -0.39 is 11.4 Å². The van der Waals surface area contributed by atoms with Crippen molar-refractivity contribution in [2.75, 3.05) is 13.1 Å². The number of nitrogens with two attached hydrogens (primary N) is 1. The predicted molar refractivity (Wildman–Crippen MR) is 73.5 cm³/mol. The summed E-state index contributed by atoms with van der Waals surface area (Å²) in [5, 5.41) is 12.2. The number of rotatable bonds is 6. The summed E-state index contributed by atoms with van der Waals surface area (Å²) in [5.74, 6) is -0.170. The second kappa shape index (κ2) is 6.89. The lowest BCUT2D eigenvalue weighted by Gasteiger charge is -2.35. The normalized spacial score (nSPS) is 28.7. The standard InChI is InChI=1S/C14H26N2O3/c1-10-3-5-14(6-4-10,13(18)19)9-16-12(17)7-11(2)8-15/h10-11H,3-9,15H2,1-2H3,(H,16,17)(H,18,19). The van der Waals surface area contributed by atoms with E-state index in [0.717, 1.165) is 12.8 Å². The molecule has 0 aromatic rings. The molecule has 110 valence electrons. The molecule has 1 unspecified atom stereocenters. The first-order valence-electron chi connectivity index (χ1n) is 7.10. The minimum absolute atomic E-state index is 0.0998. The van der Waals surface area contributed by atoms with Crippen molar-refractivity contribution < 1.29 is 14.7 Å². The molecule has 0 saturated heterocycles. The fraction of sp³-hybridized carbons (Fsp3) is 0.857. The van der Waals surface area contributed by atoms with Gasteiger partial charge in [-0.25, -0.2) is 0 Å². The SMILES string of the molecule is CC1CCC(CNC(=O)CC(C)CN)(C(=O)O)CC1. The van der Waals surface area contributed by atoms with Gasteiger partial charge in [-0.3, -0.25) is 9.59 Å². The van der Waals surface area contributed by atoms with Crippen LogP contribution in [0.4, 0.5) is 0 Å². The number of carbonyl (C=O) groups excluding carboxylic acids is 1. The molecule has 0 radical (unpaired) electrons. The highest BCUT2D eigenvalue weighted by atomic mass is 16.4. The number of aliphatic carboxylic acids is 1. The zero-order valence-electron chi connectivity index (χ0n) is 11.9. The molecular formula is C14H26N2O3. The van der Waals surface area contributed by atoms with E-state index in [-0.39, 0.29) is 18.4 Å². The molecule has 1 aliphatic carbocycles. The minimum atomic E-state index is -0.786. The smallest absolute Gasteiger partial charge is 0.311 e. The highest BCUT2D eigenvalue weighted by Crippen LogP contribution is 2.38. The van der Waals surface area contributed by atoms with Gasteiger partial charge >= 0.3 is 5.97 Å². The zero-order chi connectivity index (χ0) is 14.5. The molecule has 19 heavy (non-hydrogen) atoms. The number of hydrogen-bond donors (Lipinski definition) is 3. The van der Waals surface area contributed by atoms with Crippen LogP contribution >= 0.6 is 0 Å². The Kier molecular flexibility index (Phi) is 5.79. The Morgan fingerprint density at radius 1 is 1.42 bits per heavy atom. The first-order valence-corrected chi connectivity index (χ1v) is 7.10. The van der Waals surface area contributed by atoms with E-state index in [1.807, 2.05) is 6.92 Å². The van der Waals surface area contributed by atoms with Gasteiger partial charge in [0.25, 0.3) is 0 Å². The van der Waals surface area contributed by atoms with Gasteiger partial charge in [0.1, 0.15) is 0 Å². The van der Waals surface area contributed by atoms with E-state index in [9.17, 15) is 14.7 Å². The van der Waals surface area contributed by atoms with Crippen LogP contribution < -0.4 is 11.1 Å². The second-order valence-corrected chi connectivity index (χ2v) is 6.09. The van der Waals surface area contributed by atoms with Gasteiger partial charge in [0.05, 0.1) is 5.41 Å². The van der Waals surface area contributed by atoms with Crippen molar-refractivity contribution in [3.05, 3.63) is 0 Å². The number of carbonyl (C=O) groups is 2. The van der Waals surface area contributed by atoms with Crippen molar-refractivity contribution in [2.24, 2.45) is 23.0 Å². The van der Waals surface area contributed by atoms with Crippen molar-refractivity contribution >= 4 is 11.9 Å². The van der Waals surface area contributed by atoms with Crippen LogP contribution in [0.1, 0.15) is 46.0 Å². The fourth-order valence-corrected chi connectivity index (χ4v) is 2.52. The molecule has 4 N–H and O–H groups in total. The number of carboxylic acids is 1. The summed E-state index contributed by atoms with van der Waals surface area (Å²) in [6.07, 6.45) is 3.50. The molecular weight excluding hydrogens is 244 g/mol. The lowest BCUT2D eigenvalue weighted by atomic mass is 9.71. The Balaban J connectivity index is 2.51. The average Bonchev–Trinajstić information content (AvgIpc) is 2.38. The van der Waals surface area contributed by atoms with Gasteiger partial charge in [-0.2, -0.15) is 0 Å². The summed E-state index contributed by atoms with van der Waals surface area (Å²) in [4.78, 5) is 23.2. The maximum absolute atomic E-state index is 11.7. The van der Waals surface area contributed by atoms with Gasteiger partial charge in [0.2, 0.25) is 5.91 Å². The number of hydrogen-bond acceptors (Lipinski definition) is 3. The van der Waals surface area contributed by atoms with Crippen LogP contribution in [0.3, 0.4) is 0 Å². The molecule has 1 saturated carbocycles. The largest absolute Gasteiger partial charge is 0.481 e. The van der Waals surface area contributed by atoms with Gasteiger partial charge in [0, 0.05) is 13.0 Å². The maximum Gasteiger partial charge on any atom is 0.311 e. The highest BCUT2D eigenvalue weighted by molar-refractivity contribution is 5.79. The predicted octanol–water partition coefficient (Wildman–Crippen LogP) is 1.37. The molecule has 1 rings (SSSR count). The molecule has 0 heterocycles. The van der Waals surface area contributed by atoms with E-state index in [2.05, 4.69) is 12.2 Å². The van der Waals surface area contributed by atoms with Crippen LogP contribution in [-0.2, 0) is 9.59 Å². The number of nitrogens with one attached hydrogen (secondary N) is 1. The molecule has 1 aliphatic rings. The van der Waals surface area contributed by atoms with Crippen LogP contribution in [-0.4, -0.2) is 30.1 Å². The first-order chi connectivity index (χ1) is 8.89. The third-order valence-electron chi connectivity index (χ3n) is 4.25. The van der Waals surface area contributed by atoms with Crippen LogP contribution in [0.25, 0.3) is 0 Å². The molecule has 5 heteroatoms. The molecule has 1 fully saturated rings. The molecule has 1 atom stereocenters. The summed E-state index contributed by atoms with van der Waals surface area (Å²) in [6, 6.07) is 0. The quantitative estimate of drug-likeness (QED) is 0.679. The Labute approximate surface area is 114 Å². The second-order valence-electron chi connectivity index (χ2n) is 6.09. The first kappa shape index (κ1) is 16.0. The minimum Gasteiger partial charge on any atom is -0.481 e. The van der Waals surface area contributed by atoms with Gasteiger partial charge in [-0.15, -0.1) is 0 Å². The summed E-state index contributed by atoms with van der Waals surface area (Å²) in [7, 11) is 0. The van der Waals surface area contributed by atoms with Crippen molar-refractivity contribution in [1.82, 2.24) is 5.32 Å². The lowest BCUT2D eigenvalue weighted by molar-refractivity contribution is -0.151. The summed E-state index contributed by atoms with van der Waals surface area (Å²) >= 11 is 0. The fourth-order valence-electron chi connectivity index (χ4n) is 2.52. The Morgan fingerprint density at radius 3 is 2.47 bits per heavy atom. The summed E-state index contributed by atoms with van der Waals surface area (Å²) in [6.45, 7) is 4.77. The number of amides is 1. The van der Waals surface area contributed by atoms with E-state index in [0.29, 0.717) is 31.7 Å². The van der Waals surface area contributed by atoms with E-state index in [1.54, 1.807) is 0 Å². The van der Waals surface area contributed by atoms with Gasteiger partial charge < -0.3 is 16.2 Å². The third-order valence-corrected chi connectivity index (χ3v) is 4.25. The van der Waals surface area contributed by atoms with Crippen molar-refractivity contribution in [1.29, 1.82) is 0 Å². The Hall–Kier alpha value is -1.10.